The molecule has 0 aliphatic carbocycles. The Morgan fingerprint density at radius 2 is 1.69 bits per heavy atom. The number of ether oxygens (including phenoxy) is 1. The van der Waals surface area contributed by atoms with Crippen molar-refractivity contribution in [2.45, 2.75) is 32.9 Å². The number of nitrogens with zero attached hydrogens (tertiary/aromatic N) is 2. The standard InChI is InChI=1S/C22H28N4O5S/c1-16(2)24-21(27)15-31-20-12-10-18(11-13-20)14-23-25-22(28)17(3)26(32(4,29)30)19-8-6-5-7-9-19/h5-14,16-17H,15H2,1-4H3,(H,24,27)(H,25,28)/b23-14-/t17-/m0/s1. The van der Waals surface area contributed by atoms with Gasteiger partial charge in [-0.05, 0) is 62.7 Å². The van der Waals surface area contributed by atoms with Gasteiger partial charge in [0.1, 0.15) is 11.8 Å². The summed E-state index contributed by atoms with van der Waals surface area (Å²) in [5, 5.41) is 6.64. The predicted molar refractivity (Wildman–Crippen MR) is 124 cm³/mol. The SMILES string of the molecule is CC(C)NC(=O)COc1ccc(/C=N\NC(=O)[C@H](C)N(c2ccccc2)S(C)(=O)=O)cc1. The van der Waals surface area contributed by atoms with Crippen LogP contribution in [0.3, 0.4) is 0 Å². The van der Waals surface area contributed by atoms with Crippen LogP contribution in [0.1, 0.15) is 26.3 Å². The van der Waals surface area contributed by atoms with Crippen molar-refractivity contribution in [2.24, 2.45) is 5.10 Å². The third-order valence-electron chi connectivity index (χ3n) is 4.19. The van der Waals surface area contributed by atoms with Crippen LogP contribution < -0.4 is 19.8 Å². The lowest BCUT2D eigenvalue weighted by Gasteiger charge is -2.27. The number of para-hydroxylation sites is 1. The van der Waals surface area contributed by atoms with Gasteiger partial charge in [0, 0.05) is 6.04 Å². The van der Waals surface area contributed by atoms with E-state index in [0.717, 1.165) is 10.6 Å². The van der Waals surface area contributed by atoms with Crippen molar-refractivity contribution >= 4 is 33.7 Å². The molecule has 0 saturated heterocycles. The Morgan fingerprint density at radius 3 is 2.25 bits per heavy atom. The normalized spacial score (nSPS) is 12.4. The highest BCUT2D eigenvalue weighted by Crippen LogP contribution is 2.20. The van der Waals surface area contributed by atoms with Gasteiger partial charge in [-0.1, -0.05) is 18.2 Å². The van der Waals surface area contributed by atoms with Crippen LogP contribution in [-0.4, -0.2) is 51.4 Å². The number of carbonyl (C=O) groups is 2. The summed E-state index contributed by atoms with van der Waals surface area (Å²) in [7, 11) is -3.68. The summed E-state index contributed by atoms with van der Waals surface area (Å²) in [5.41, 5.74) is 3.44. The molecule has 0 spiro atoms. The van der Waals surface area contributed by atoms with E-state index in [1.165, 1.54) is 13.1 Å². The zero-order valence-corrected chi connectivity index (χ0v) is 19.3. The molecule has 9 nitrogen and oxygen atoms in total. The number of amides is 2. The molecular formula is C22H28N4O5S. The van der Waals surface area contributed by atoms with E-state index in [-0.39, 0.29) is 18.6 Å². The molecule has 0 aromatic heterocycles. The molecule has 10 heteroatoms. The lowest BCUT2D eigenvalue weighted by atomic mass is 10.2. The molecule has 2 rings (SSSR count). The quantitative estimate of drug-likeness (QED) is 0.415. The van der Waals surface area contributed by atoms with Crippen LogP contribution in [0.4, 0.5) is 5.69 Å². The summed E-state index contributed by atoms with van der Waals surface area (Å²) in [4.78, 5) is 24.1. The van der Waals surface area contributed by atoms with Crippen LogP contribution >= 0.6 is 0 Å². The van der Waals surface area contributed by atoms with Gasteiger partial charge in [0.15, 0.2) is 6.61 Å². The maximum atomic E-state index is 12.5. The first-order chi connectivity index (χ1) is 15.1. The summed E-state index contributed by atoms with van der Waals surface area (Å²) in [6, 6.07) is 14.2. The number of sulfonamides is 1. The molecule has 0 heterocycles. The van der Waals surface area contributed by atoms with Crippen molar-refractivity contribution in [3.8, 4) is 5.75 Å². The van der Waals surface area contributed by atoms with Crippen molar-refractivity contribution in [1.29, 1.82) is 0 Å². The van der Waals surface area contributed by atoms with E-state index in [2.05, 4.69) is 15.8 Å². The maximum Gasteiger partial charge on any atom is 0.263 e. The number of hydrazone groups is 1. The number of hydrogen-bond acceptors (Lipinski definition) is 6. The number of carbonyl (C=O) groups excluding carboxylic acids is 2. The molecule has 0 saturated carbocycles. The second-order valence-electron chi connectivity index (χ2n) is 7.38. The van der Waals surface area contributed by atoms with E-state index in [9.17, 15) is 18.0 Å². The third-order valence-corrected chi connectivity index (χ3v) is 5.43. The Balaban J connectivity index is 1.95. The molecule has 0 radical (unpaired) electrons. The Morgan fingerprint density at radius 1 is 1.06 bits per heavy atom. The first kappa shape index (κ1) is 24.9. The van der Waals surface area contributed by atoms with Gasteiger partial charge in [-0.25, -0.2) is 13.8 Å². The monoisotopic (exact) mass is 460 g/mol. The molecule has 0 bridgehead atoms. The lowest BCUT2D eigenvalue weighted by molar-refractivity contribution is -0.123. The second-order valence-corrected chi connectivity index (χ2v) is 9.24. The van der Waals surface area contributed by atoms with Gasteiger partial charge in [-0.2, -0.15) is 5.10 Å². The van der Waals surface area contributed by atoms with Gasteiger partial charge in [0.25, 0.3) is 11.8 Å². The fourth-order valence-electron chi connectivity index (χ4n) is 2.81. The van der Waals surface area contributed by atoms with Crippen LogP contribution in [0, 0.1) is 0 Å². The average Bonchev–Trinajstić information content (AvgIpc) is 2.72. The van der Waals surface area contributed by atoms with Crippen molar-refractivity contribution in [3.63, 3.8) is 0 Å². The molecule has 1 atom stereocenters. The van der Waals surface area contributed by atoms with Crippen LogP contribution in [-0.2, 0) is 19.6 Å². The molecular weight excluding hydrogens is 432 g/mol. The van der Waals surface area contributed by atoms with Crippen LogP contribution in [0.15, 0.2) is 59.7 Å². The van der Waals surface area contributed by atoms with E-state index in [0.29, 0.717) is 17.0 Å². The average molecular weight is 461 g/mol. The van der Waals surface area contributed by atoms with Crippen molar-refractivity contribution in [3.05, 3.63) is 60.2 Å². The van der Waals surface area contributed by atoms with Crippen LogP contribution in [0.2, 0.25) is 0 Å². The van der Waals surface area contributed by atoms with Gasteiger partial charge >= 0.3 is 0 Å². The smallest absolute Gasteiger partial charge is 0.263 e. The molecule has 2 amide bonds. The molecule has 2 aromatic carbocycles. The first-order valence-corrected chi connectivity index (χ1v) is 11.8. The predicted octanol–water partition coefficient (Wildman–Crippen LogP) is 1.89. The van der Waals surface area contributed by atoms with Gasteiger partial charge in [0.2, 0.25) is 10.0 Å². The number of hydrogen-bond donors (Lipinski definition) is 2. The maximum absolute atomic E-state index is 12.5. The van der Waals surface area contributed by atoms with E-state index < -0.39 is 22.0 Å². The summed E-state index contributed by atoms with van der Waals surface area (Å²) < 4.78 is 30.9. The molecule has 0 unspecified atom stereocenters. The number of nitrogens with one attached hydrogen (secondary N) is 2. The number of benzene rings is 2. The summed E-state index contributed by atoms with van der Waals surface area (Å²) >= 11 is 0. The van der Waals surface area contributed by atoms with Gasteiger partial charge in [-0.3, -0.25) is 13.9 Å². The minimum atomic E-state index is -3.68. The summed E-state index contributed by atoms with van der Waals surface area (Å²) in [5.74, 6) is -0.266. The number of rotatable bonds is 10. The highest BCUT2D eigenvalue weighted by molar-refractivity contribution is 7.92. The molecule has 172 valence electrons. The molecule has 0 aliphatic rings. The zero-order valence-electron chi connectivity index (χ0n) is 18.5. The van der Waals surface area contributed by atoms with Gasteiger partial charge in [-0.15, -0.1) is 0 Å². The molecule has 2 N–H and O–H groups in total. The molecule has 0 aliphatic heterocycles. The Labute approximate surface area is 188 Å². The summed E-state index contributed by atoms with van der Waals surface area (Å²) in [6.07, 6.45) is 2.47. The van der Waals surface area contributed by atoms with Gasteiger partial charge < -0.3 is 10.1 Å². The van der Waals surface area contributed by atoms with E-state index in [4.69, 9.17) is 4.74 Å². The Kier molecular flexibility index (Phi) is 8.77. The van der Waals surface area contributed by atoms with E-state index in [1.54, 1.807) is 54.6 Å². The third kappa shape index (κ3) is 7.69. The van der Waals surface area contributed by atoms with E-state index >= 15 is 0 Å². The highest BCUT2D eigenvalue weighted by atomic mass is 32.2. The molecule has 0 fully saturated rings. The zero-order chi connectivity index (χ0) is 23.7. The minimum Gasteiger partial charge on any atom is -0.484 e. The van der Waals surface area contributed by atoms with E-state index in [1.807, 2.05) is 13.8 Å². The second kappa shape index (κ2) is 11.3. The number of anilines is 1. The fraction of sp³-hybridized carbons (Fsp3) is 0.318. The highest BCUT2D eigenvalue weighted by Gasteiger charge is 2.28. The van der Waals surface area contributed by atoms with Crippen molar-refractivity contribution < 1.29 is 22.7 Å². The topological polar surface area (TPSA) is 117 Å². The summed E-state index contributed by atoms with van der Waals surface area (Å²) in [6.45, 7) is 5.14. The minimum absolute atomic E-state index is 0.0415. The van der Waals surface area contributed by atoms with Gasteiger partial charge in [0.05, 0.1) is 18.2 Å². The molecule has 2 aromatic rings. The Bertz CT molecular complexity index is 1040. The Hall–Kier alpha value is -3.40. The molecule has 32 heavy (non-hydrogen) atoms. The van der Waals surface area contributed by atoms with Crippen molar-refractivity contribution in [2.75, 3.05) is 17.2 Å². The fourth-order valence-corrected chi connectivity index (χ4v) is 3.99. The van der Waals surface area contributed by atoms with Crippen LogP contribution in [0.5, 0.6) is 5.75 Å². The van der Waals surface area contributed by atoms with Crippen LogP contribution in [0.25, 0.3) is 0 Å². The first-order valence-electron chi connectivity index (χ1n) is 9.97. The lowest BCUT2D eigenvalue weighted by Crippen LogP contribution is -2.46. The van der Waals surface area contributed by atoms with Crippen molar-refractivity contribution in [1.82, 2.24) is 10.7 Å². The largest absolute Gasteiger partial charge is 0.484 e.